The Hall–Kier alpha value is -0.520. The average Bonchev–Trinajstić information content (AvgIpc) is 2.91. The van der Waals surface area contributed by atoms with Crippen LogP contribution in [-0.4, -0.2) is 34.5 Å². The number of hydrogen-bond donors (Lipinski definition) is 1. The minimum absolute atomic E-state index is 0. The summed E-state index contributed by atoms with van der Waals surface area (Å²) in [6.45, 7) is 7.70. The monoisotopic (exact) mass is 363 g/mol. The van der Waals surface area contributed by atoms with Crippen molar-refractivity contribution < 1.29 is 4.79 Å². The predicted octanol–water partition coefficient (Wildman–Crippen LogP) is 3.06. The van der Waals surface area contributed by atoms with E-state index >= 15 is 0 Å². The van der Waals surface area contributed by atoms with Crippen molar-refractivity contribution in [1.82, 2.24) is 9.47 Å². The van der Waals surface area contributed by atoms with Gasteiger partial charge in [-0.2, -0.15) is 0 Å². The summed E-state index contributed by atoms with van der Waals surface area (Å²) in [5.41, 5.74) is 6.48. The van der Waals surface area contributed by atoms with Gasteiger partial charge in [-0.1, -0.05) is 0 Å². The number of hydrogen-bond acceptors (Lipinski definition) is 2. The Morgan fingerprint density at radius 1 is 1.55 bits per heavy atom. The van der Waals surface area contributed by atoms with Crippen molar-refractivity contribution in [3.63, 3.8) is 0 Å². The van der Waals surface area contributed by atoms with Gasteiger partial charge in [-0.15, -0.1) is 12.4 Å². The van der Waals surface area contributed by atoms with Crippen LogP contribution in [0.1, 0.15) is 43.7 Å². The third kappa shape index (κ3) is 3.38. The van der Waals surface area contributed by atoms with Gasteiger partial charge < -0.3 is 15.2 Å². The molecule has 0 saturated carbocycles. The van der Waals surface area contributed by atoms with E-state index in [2.05, 4.69) is 36.7 Å². The zero-order valence-electron chi connectivity index (χ0n) is 12.2. The van der Waals surface area contributed by atoms with E-state index in [4.69, 9.17) is 5.73 Å². The van der Waals surface area contributed by atoms with Crippen molar-refractivity contribution in [2.75, 3.05) is 13.1 Å². The summed E-state index contributed by atoms with van der Waals surface area (Å²) < 4.78 is 2.97. The first kappa shape index (κ1) is 17.5. The molecule has 1 aromatic rings. The van der Waals surface area contributed by atoms with Gasteiger partial charge in [-0.3, -0.25) is 4.79 Å². The van der Waals surface area contributed by atoms with Gasteiger partial charge in [0.2, 0.25) is 0 Å². The van der Waals surface area contributed by atoms with E-state index in [0.717, 1.165) is 23.1 Å². The summed E-state index contributed by atoms with van der Waals surface area (Å²) in [5, 5.41) is 0. The standard InChI is InChI=1S/C14H22BrN3O.ClH/c1-9(2)17-8-12(15)5-13(17)14(19)18-7-11(6-16)4-10(18)3;/h5,8-11H,4,6-7,16H2,1-3H3;1H. The highest BCUT2D eigenvalue weighted by Gasteiger charge is 2.33. The van der Waals surface area contributed by atoms with E-state index in [1.807, 2.05) is 21.7 Å². The Kier molecular flexibility index (Phi) is 6.10. The van der Waals surface area contributed by atoms with Gasteiger partial charge in [0.15, 0.2) is 0 Å². The van der Waals surface area contributed by atoms with E-state index in [9.17, 15) is 4.79 Å². The Labute approximate surface area is 135 Å². The maximum absolute atomic E-state index is 12.7. The molecule has 0 radical (unpaired) electrons. The molecule has 4 nitrogen and oxygen atoms in total. The van der Waals surface area contributed by atoms with Crippen molar-refractivity contribution in [3.8, 4) is 0 Å². The molecule has 2 heterocycles. The topological polar surface area (TPSA) is 51.3 Å². The van der Waals surface area contributed by atoms with Crippen molar-refractivity contribution >= 4 is 34.2 Å². The first-order valence-electron chi connectivity index (χ1n) is 6.82. The summed E-state index contributed by atoms with van der Waals surface area (Å²) in [7, 11) is 0. The van der Waals surface area contributed by atoms with Crippen LogP contribution in [0.15, 0.2) is 16.7 Å². The number of rotatable bonds is 3. The van der Waals surface area contributed by atoms with Crippen molar-refractivity contribution in [1.29, 1.82) is 0 Å². The van der Waals surface area contributed by atoms with Crippen LogP contribution in [0.4, 0.5) is 0 Å². The molecule has 20 heavy (non-hydrogen) atoms. The quantitative estimate of drug-likeness (QED) is 0.896. The molecule has 1 aliphatic rings. The van der Waals surface area contributed by atoms with Crippen molar-refractivity contribution in [3.05, 3.63) is 22.4 Å². The summed E-state index contributed by atoms with van der Waals surface area (Å²) >= 11 is 3.46. The molecule has 1 aromatic heterocycles. The van der Waals surface area contributed by atoms with Gasteiger partial charge in [0.1, 0.15) is 5.69 Å². The molecule has 2 rings (SSSR count). The van der Waals surface area contributed by atoms with E-state index in [1.165, 1.54) is 0 Å². The molecule has 1 saturated heterocycles. The molecule has 1 aliphatic heterocycles. The largest absolute Gasteiger partial charge is 0.340 e. The molecule has 1 fully saturated rings. The molecule has 1 amide bonds. The minimum atomic E-state index is 0. The lowest BCUT2D eigenvalue weighted by molar-refractivity contribution is 0.0731. The number of amides is 1. The predicted molar refractivity (Wildman–Crippen MR) is 87.4 cm³/mol. The van der Waals surface area contributed by atoms with Gasteiger partial charge >= 0.3 is 0 Å². The number of halogens is 2. The van der Waals surface area contributed by atoms with Gasteiger partial charge in [0.25, 0.3) is 5.91 Å². The number of nitrogens with two attached hydrogens (primary N) is 1. The molecule has 0 aliphatic carbocycles. The second kappa shape index (κ2) is 6.96. The van der Waals surface area contributed by atoms with E-state index in [-0.39, 0.29) is 30.4 Å². The van der Waals surface area contributed by atoms with Crippen LogP contribution >= 0.6 is 28.3 Å². The SMILES string of the molecule is CC1CC(CN)CN1C(=O)c1cc(Br)cn1C(C)C.Cl. The van der Waals surface area contributed by atoms with Crippen molar-refractivity contribution in [2.45, 2.75) is 39.3 Å². The zero-order valence-corrected chi connectivity index (χ0v) is 14.6. The summed E-state index contributed by atoms with van der Waals surface area (Å²) in [6.07, 6.45) is 2.98. The van der Waals surface area contributed by atoms with E-state index < -0.39 is 0 Å². The molecule has 114 valence electrons. The molecular weight excluding hydrogens is 342 g/mol. The average molecular weight is 365 g/mol. The zero-order chi connectivity index (χ0) is 14.2. The van der Waals surface area contributed by atoms with Gasteiger partial charge in [-0.25, -0.2) is 0 Å². The molecular formula is C14H23BrClN3O. The summed E-state index contributed by atoms with van der Waals surface area (Å²) in [6, 6.07) is 2.45. The number of likely N-dealkylation sites (tertiary alicyclic amines) is 1. The Morgan fingerprint density at radius 3 is 2.70 bits per heavy atom. The lowest BCUT2D eigenvalue weighted by Gasteiger charge is -2.23. The molecule has 2 unspecified atom stereocenters. The summed E-state index contributed by atoms with van der Waals surface area (Å²) in [4.78, 5) is 14.7. The van der Waals surface area contributed by atoms with Crippen LogP contribution < -0.4 is 5.73 Å². The lowest BCUT2D eigenvalue weighted by atomic mass is 10.1. The maximum atomic E-state index is 12.7. The van der Waals surface area contributed by atoms with Crippen LogP contribution in [0, 0.1) is 5.92 Å². The highest BCUT2D eigenvalue weighted by Crippen LogP contribution is 2.27. The first-order chi connectivity index (χ1) is 8.93. The van der Waals surface area contributed by atoms with Crippen molar-refractivity contribution in [2.24, 2.45) is 11.7 Å². The van der Waals surface area contributed by atoms with Crippen LogP contribution in [-0.2, 0) is 0 Å². The van der Waals surface area contributed by atoms with Crippen LogP contribution in [0.25, 0.3) is 0 Å². The number of carbonyl (C=O) groups is 1. The number of nitrogens with zero attached hydrogens (tertiary/aromatic N) is 2. The highest BCUT2D eigenvalue weighted by atomic mass is 79.9. The maximum Gasteiger partial charge on any atom is 0.270 e. The molecule has 2 N–H and O–H groups in total. The summed E-state index contributed by atoms with van der Waals surface area (Å²) in [5.74, 6) is 0.549. The fraction of sp³-hybridized carbons (Fsp3) is 0.643. The fourth-order valence-corrected chi connectivity index (χ4v) is 3.22. The van der Waals surface area contributed by atoms with Gasteiger partial charge in [0.05, 0.1) is 0 Å². The third-order valence-electron chi connectivity index (χ3n) is 3.85. The number of aromatic nitrogens is 1. The van der Waals surface area contributed by atoms with Gasteiger partial charge in [-0.05, 0) is 61.7 Å². The Bertz CT molecular complexity index is 475. The molecule has 0 spiro atoms. The minimum Gasteiger partial charge on any atom is -0.340 e. The number of carbonyl (C=O) groups excluding carboxylic acids is 1. The van der Waals surface area contributed by atoms with E-state index in [0.29, 0.717) is 12.5 Å². The van der Waals surface area contributed by atoms with Crippen LogP contribution in [0.2, 0.25) is 0 Å². The van der Waals surface area contributed by atoms with Crippen LogP contribution in [0.3, 0.4) is 0 Å². The fourth-order valence-electron chi connectivity index (χ4n) is 2.79. The molecule has 0 aromatic carbocycles. The first-order valence-corrected chi connectivity index (χ1v) is 7.61. The Balaban J connectivity index is 0.00000200. The van der Waals surface area contributed by atoms with Crippen LogP contribution in [0.5, 0.6) is 0 Å². The second-order valence-electron chi connectivity index (χ2n) is 5.69. The second-order valence-corrected chi connectivity index (χ2v) is 6.60. The van der Waals surface area contributed by atoms with E-state index in [1.54, 1.807) is 0 Å². The van der Waals surface area contributed by atoms with Gasteiger partial charge in [0, 0.05) is 29.3 Å². The lowest BCUT2D eigenvalue weighted by Crippen LogP contribution is -2.35. The molecule has 6 heteroatoms. The smallest absolute Gasteiger partial charge is 0.270 e. The highest BCUT2D eigenvalue weighted by molar-refractivity contribution is 9.10. The molecule has 2 atom stereocenters. The Morgan fingerprint density at radius 2 is 2.20 bits per heavy atom. The third-order valence-corrected chi connectivity index (χ3v) is 4.28. The normalized spacial score (nSPS) is 22.2. The molecule has 0 bridgehead atoms.